The van der Waals surface area contributed by atoms with Crippen molar-refractivity contribution in [2.75, 3.05) is 13.1 Å². The van der Waals surface area contributed by atoms with Crippen molar-refractivity contribution in [3.63, 3.8) is 0 Å². The number of rotatable bonds is 3. The highest BCUT2D eigenvalue weighted by Crippen LogP contribution is 2.19. The van der Waals surface area contributed by atoms with E-state index in [-0.39, 0.29) is 5.92 Å². The number of halogens is 1. The van der Waals surface area contributed by atoms with Gasteiger partial charge in [0.25, 0.3) is 0 Å². The van der Waals surface area contributed by atoms with E-state index in [9.17, 15) is 4.79 Å². The molecule has 3 nitrogen and oxygen atoms in total. The van der Waals surface area contributed by atoms with Crippen LogP contribution in [0.1, 0.15) is 18.4 Å². The molecule has 1 aromatic rings. The summed E-state index contributed by atoms with van der Waals surface area (Å²) >= 11 is 5.83. The minimum atomic E-state index is -0.675. The molecule has 0 aromatic heterocycles. The molecule has 0 saturated carbocycles. The average Bonchev–Trinajstić information content (AvgIpc) is 2.32. The van der Waals surface area contributed by atoms with Crippen LogP contribution in [-0.2, 0) is 11.3 Å². The normalized spacial score (nSPS) is 21.4. The lowest BCUT2D eigenvalue weighted by Crippen LogP contribution is -2.38. The molecule has 0 unspecified atom stereocenters. The van der Waals surface area contributed by atoms with E-state index in [0.29, 0.717) is 6.54 Å². The summed E-state index contributed by atoms with van der Waals surface area (Å²) in [5.74, 6) is -0.887. The first-order valence-corrected chi connectivity index (χ1v) is 6.22. The van der Waals surface area contributed by atoms with E-state index in [2.05, 4.69) is 4.90 Å². The van der Waals surface area contributed by atoms with Crippen LogP contribution in [0.4, 0.5) is 0 Å². The highest BCUT2D eigenvalue weighted by molar-refractivity contribution is 6.30. The number of carbonyl (C=O) groups is 1. The second kappa shape index (κ2) is 5.52. The number of hydrogen-bond acceptors (Lipinski definition) is 2. The number of hydrogen-bond donors (Lipinski definition) is 1. The molecule has 2 rings (SSSR count). The van der Waals surface area contributed by atoms with E-state index in [1.54, 1.807) is 0 Å². The van der Waals surface area contributed by atoms with Crippen LogP contribution < -0.4 is 0 Å². The fourth-order valence-corrected chi connectivity index (χ4v) is 2.37. The Bertz CT molecular complexity index is 391. The minimum absolute atomic E-state index is 0.212. The maximum Gasteiger partial charge on any atom is 0.307 e. The molecule has 1 N–H and O–H groups in total. The first-order chi connectivity index (χ1) is 8.15. The van der Waals surface area contributed by atoms with E-state index in [1.165, 1.54) is 5.56 Å². The zero-order chi connectivity index (χ0) is 12.3. The van der Waals surface area contributed by atoms with Crippen molar-refractivity contribution in [2.45, 2.75) is 19.4 Å². The molecule has 4 heteroatoms. The smallest absolute Gasteiger partial charge is 0.307 e. The zero-order valence-corrected chi connectivity index (χ0v) is 10.4. The van der Waals surface area contributed by atoms with Crippen molar-refractivity contribution in [3.8, 4) is 0 Å². The van der Waals surface area contributed by atoms with E-state index in [4.69, 9.17) is 16.7 Å². The molecular weight excluding hydrogens is 238 g/mol. The first-order valence-electron chi connectivity index (χ1n) is 5.85. The van der Waals surface area contributed by atoms with Crippen LogP contribution in [0.2, 0.25) is 5.02 Å². The number of carboxylic acid groups (broad SMARTS) is 1. The summed E-state index contributed by atoms with van der Waals surface area (Å²) < 4.78 is 0. The van der Waals surface area contributed by atoms with Crippen molar-refractivity contribution in [1.82, 2.24) is 4.90 Å². The molecule has 0 amide bonds. The summed E-state index contributed by atoms with van der Waals surface area (Å²) in [7, 11) is 0. The van der Waals surface area contributed by atoms with Crippen molar-refractivity contribution >= 4 is 17.6 Å². The van der Waals surface area contributed by atoms with Crippen molar-refractivity contribution in [3.05, 3.63) is 34.9 Å². The third kappa shape index (κ3) is 3.45. The fraction of sp³-hybridized carbons (Fsp3) is 0.462. The van der Waals surface area contributed by atoms with Crippen LogP contribution in [0.25, 0.3) is 0 Å². The Morgan fingerprint density at radius 2 is 2.12 bits per heavy atom. The number of piperidine rings is 1. The number of aliphatic carboxylic acids is 1. The first kappa shape index (κ1) is 12.4. The van der Waals surface area contributed by atoms with Gasteiger partial charge in [0.05, 0.1) is 5.92 Å². The molecular formula is C13H16ClNO2. The molecule has 1 atom stereocenters. The Balaban J connectivity index is 1.94. The maximum absolute atomic E-state index is 11.0. The number of likely N-dealkylation sites (tertiary alicyclic amines) is 1. The van der Waals surface area contributed by atoms with Crippen LogP contribution in [0.15, 0.2) is 24.3 Å². The molecule has 1 aromatic carbocycles. The third-order valence-electron chi connectivity index (χ3n) is 3.17. The van der Waals surface area contributed by atoms with E-state index in [0.717, 1.165) is 31.0 Å². The number of nitrogens with zero attached hydrogens (tertiary/aromatic N) is 1. The lowest BCUT2D eigenvalue weighted by atomic mass is 9.98. The lowest BCUT2D eigenvalue weighted by molar-refractivity contribution is -0.143. The van der Waals surface area contributed by atoms with Crippen molar-refractivity contribution in [1.29, 1.82) is 0 Å². The molecule has 1 heterocycles. The standard InChI is InChI=1S/C13H16ClNO2/c14-12-5-3-10(4-6-12)8-15-7-1-2-11(9-15)13(16)17/h3-6,11H,1-2,7-9H2,(H,16,17)/t11-/m0/s1. The van der Waals surface area contributed by atoms with Gasteiger partial charge in [-0.05, 0) is 37.1 Å². The van der Waals surface area contributed by atoms with Gasteiger partial charge in [0.15, 0.2) is 0 Å². The average molecular weight is 254 g/mol. The lowest BCUT2D eigenvalue weighted by Gasteiger charge is -2.30. The van der Waals surface area contributed by atoms with Gasteiger partial charge in [0.2, 0.25) is 0 Å². The van der Waals surface area contributed by atoms with Gasteiger partial charge in [-0.1, -0.05) is 23.7 Å². The molecule has 1 aliphatic heterocycles. The van der Waals surface area contributed by atoms with Crippen molar-refractivity contribution in [2.24, 2.45) is 5.92 Å². The molecule has 0 aliphatic carbocycles. The molecule has 0 bridgehead atoms. The Morgan fingerprint density at radius 3 is 2.76 bits per heavy atom. The van der Waals surface area contributed by atoms with Gasteiger partial charge >= 0.3 is 5.97 Å². The predicted molar refractivity (Wildman–Crippen MR) is 67.1 cm³/mol. The summed E-state index contributed by atoms with van der Waals surface area (Å²) in [5.41, 5.74) is 1.18. The second-order valence-electron chi connectivity index (χ2n) is 4.54. The van der Waals surface area contributed by atoms with Gasteiger partial charge in [0.1, 0.15) is 0 Å². The van der Waals surface area contributed by atoms with E-state index in [1.807, 2.05) is 24.3 Å². The monoisotopic (exact) mass is 253 g/mol. The van der Waals surface area contributed by atoms with Gasteiger partial charge < -0.3 is 5.11 Å². The van der Waals surface area contributed by atoms with Crippen LogP contribution in [0.5, 0.6) is 0 Å². The summed E-state index contributed by atoms with van der Waals surface area (Å²) in [4.78, 5) is 13.2. The quantitative estimate of drug-likeness (QED) is 0.900. The van der Waals surface area contributed by atoms with Gasteiger partial charge in [-0.25, -0.2) is 0 Å². The molecule has 0 spiro atoms. The molecule has 17 heavy (non-hydrogen) atoms. The molecule has 1 fully saturated rings. The summed E-state index contributed by atoms with van der Waals surface area (Å²) in [6.07, 6.45) is 1.76. The van der Waals surface area contributed by atoms with Gasteiger partial charge in [-0.2, -0.15) is 0 Å². The topological polar surface area (TPSA) is 40.5 Å². The Morgan fingerprint density at radius 1 is 1.41 bits per heavy atom. The third-order valence-corrected chi connectivity index (χ3v) is 3.43. The summed E-state index contributed by atoms with van der Waals surface area (Å²) in [6.45, 7) is 2.44. The second-order valence-corrected chi connectivity index (χ2v) is 4.98. The number of carboxylic acids is 1. The zero-order valence-electron chi connectivity index (χ0n) is 9.60. The Labute approximate surface area is 106 Å². The van der Waals surface area contributed by atoms with Crippen LogP contribution in [0.3, 0.4) is 0 Å². The van der Waals surface area contributed by atoms with Crippen molar-refractivity contribution < 1.29 is 9.90 Å². The summed E-state index contributed by atoms with van der Waals surface area (Å²) in [5, 5.41) is 9.75. The van der Waals surface area contributed by atoms with Gasteiger partial charge in [-0.15, -0.1) is 0 Å². The molecule has 1 aliphatic rings. The highest BCUT2D eigenvalue weighted by Gasteiger charge is 2.25. The van der Waals surface area contributed by atoms with Crippen LogP contribution in [0, 0.1) is 5.92 Å². The Hall–Kier alpha value is -1.06. The number of benzene rings is 1. The van der Waals surface area contributed by atoms with Crippen LogP contribution in [-0.4, -0.2) is 29.1 Å². The van der Waals surface area contributed by atoms with E-state index < -0.39 is 5.97 Å². The largest absolute Gasteiger partial charge is 0.481 e. The SMILES string of the molecule is O=C(O)[C@H]1CCCN(Cc2ccc(Cl)cc2)C1. The van der Waals surface area contributed by atoms with Crippen LogP contribution >= 0.6 is 11.6 Å². The highest BCUT2D eigenvalue weighted by atomic mass is 35.5. The molecule has 1 saturated heterocycles. The fourth-order valence-electron chi connectivity index (χ4n) is 2.25. The minimum Gasteiger partial charge on any atom is -0.481 e. The van der Waals surface area contributed by atoms with E-state index >= 15 is 0 Å². The van der Waals surface area contributed by atoms with Gasteiger partial charge in [-0.3, -0.25) is 9.69 Å². The molecule has 0 radical (unpaired) electrons. The van der Waals surface area contributed by atoms with Gasteiger partial charge in [0, 0.05) is 18.1 Å². The molecule has 92 valence electrons. The summed E-state index contributed by atoms with van der Waals surface area (Å²) in [6, 6.07) is 7.73. The predicted octanol–water partition coefficient (Wildman–Crippen LogP) is 2.64. The Kier molecular flexibility index (Phi) is 4.02. The maximum atomic E-state index is 11.0.